The second kappa shape index (κ2) is 17.2. The summed E-state index contributed by atoms with van der Waals surface area (Å²) in [4.78, 5) is 26.6. The summed E-state index contributed by atoms with van der Waals surface area (Å²) in [5.41, 5.74) is 0. The van der Waals surface area contributed by atoms with Crippen molar-refractivity contribution < 1.29 is 34.8 Å². The van der Waals surface area contributed by atoms with E-state index in [1.165, 1.54) is 0 Å². The van der Waals surface area contributed by atoms with Crippen LogP contribution >= 0.6 is 0 Å². The van der Waals surface area contributed by atoms with Gasteiger partial charge in [-0.1, -0.05) is 0 Å². The molecule has 0 aliphatic carbocycles. The first-order valence-electron chi connectivity index (χ1n) is 2.51. The van der Waals surface area contributed by atoms with E-state index in [9.17, 15) is 0 Å². The van der Waals surface area contributed by atoms with Gasteiger partial charge in [0, 0.05) is 13.8 Å². The average molecular weight is 208 g/mol. The molecule has 0 aliphatic rings. The molecule has 0 fully saturated rings. The first-order chi connectivity index (χ1) is 5.20. The van der Waals surface area contributed by atoms with Gasteiger partial charge in [-0.2, -0.15) is 0 Å². The molecule has 7 nitrogen and oxygen atoms in total. The van der Waals surface area contributed by atoms with E-state index in [4.69, 9.17) is 34.8 Å². The van der Waals surface area contributed by atoms with Crippen molar-refractivity contribution in [1.82, 2.24) is 0 Å². The van der Waals surface area contributed by atoms with E-state index in [0.29, 0.717) is 0 Å². The molecule has 0 radical (unpaired) electrons. The summed E-state index contributed by atoms with van der Waals surface area (Å²) < 4.78 is 0. The van der Waals surface area contributed by atoms with Gasteiger partial charge in [0.2, 0.25) is 0 Å². The number of hydrogen-bond acceptors (Lipinski definition) is 3. The van der Waals surface area contributed by atoms with Gasteiger partial charge in [0.15, 0.2) is 0 Å². The number of carbonyl (C=O) groups is 3. The second-order valence-corrected chi connectivity index (χ2v) is 1.32. The fourth-order valence-corrected chi connectivity index (χ4v) is 0. The zero-order valence-corrected chi connectivity index (χ0v) is 6.51. The molecule has 76 valence electrons. The first-order valence-corrected chi connectivity index (χ1v) is 2.51. The summed E-state index contributed by atoms with van der Waals surface area (Å²) in [5.74, 6) is -1.67. The molecule has 8 heteroatoms. The lowest BCUT2D eigenvalue weighted by Gasteiger charge is -1.60. The van der Waals surface area contributed by atoms with Gasteiger partial charge in [0.25, 0.3) is 11.9 Å². The molecular formula is C5H12MgO7. The van der Waals surface area contributed by atoms with E-state index in [2.05, 4.69) is 0 Å². The van der Waals surface area contributed by atoms with Gasteiger partial charge in [0.05, 0.1) is 0 Å². The quantitative estimate of drug-likeness (QED) is 0.394. The minimum atomic E-state index is -1.83. The van der Waals surface area contributed by atoms with Gasteiger partial charge in [-0.15, -0.1) is 0 Å². The van der Waals surface area contributed by atoms with Crippen LogP contribution in [0.25, 0.3) is 0 Å². The Bertz CT molecular complexity index is 114. The highest BCUT2D eigenvalue weighted by atomic mass is 24.3. The SMILES string of the molecule is CC(=O)O.CC(=O)O.O=C(O)O.[MgH2]. The average Bonchev–Trinajstić information content (AvgIpc) is 1.54. The lowest BCUT2D eigenvalue weighted by Crippen LogP contribution is -1.81. The molecule has 0 aromatic rings. The van der Waals surface area contributed by atoms with Gasteiger partial charge >= 0.3 is 29.2 Å². The molecule has 0 saturated carbocycles. The van der Waals surface area contributed by atoms with E-state index in [-0.39, 0.29) is 23.1 Å². The van der Waals surface area contributed by atoms with Gasteiger partial charge in [-0.05, 0) is 0 Å². The number of rotatable bonds is 0. The third-order valence-electron chi connectivity index (χ3n) is 0. The van der Waals surface area contributed by atoms with Crippen molar-refractivity contribution in [3.63, 3.8) is 0 Å². The van der Waals surface area contributed by atoms with Crippen molar-refractivity contribution in [2.24, 2.45) is 0 Å². The number of aliphatic carboxylic acids is 2. The molecule has 0 atom stereocenters. The molecular weight excluding hydrogens is 196 g/mol. The summed E-state index contributed by atoms with van der Waals surface area (Å²) in [6, 6.07) is 0. The topological polar surface area (TPSA) is 132 Å². The number of carboxylic acids is 2. The fourth-order valence-electron chi connectivity index (χ4n) is 0. The zero-order valence-electron chi connectivity index (χ0n) is 6.51. The van der Waals surface area contributed by atoms with Crippen LogP contribution in [0.2, 0.25) is 0 Å². The summed E-state index contributed by atoms with van der Waals surface area (Å²) in [6.07, 6.45) is -1.83. The molecule has 0 heterocycles. The predicted molar refractivity (Wildman–Crippen MR) is 45.8 cm³/mol. The van der Waals surface area contributed by atoms with Crippen LogP contribution in [0.15, 0.2) is 0 Å². The highest BCUT2D eigenvalue weighted by Crippen LogP contribution is 1.43. The van der Waals surface area contributed by atoms with Gasteiger partial charge in [-0.25, -0.2) is 4.79 Å². The van der Waals surface area contributed by atoms with E-state index in [1.54, 1.807) is 0 Å². The normalized spacial score (nSPS) is 5.69. The largest absolute Gasteiger partial charge is 0.503 e. The lowest BCUT2D eigenvalue weighted by molar-refractivity contribution is -0.135. The van der Waals surface area contributed by atoms with Crippen LogP contribution in [0.5, 0.6) is 0 Å². The Kier molecular flexibility index (Phi) is 30.0. The number of carboxylic acid groups (broad SMARTS) is 4. The molecule has 0 spiro atoms. The van der Waals surface area contributed by atoms with Crippen molar-refractivity contribution in [3.8, 4) is 0 Å². The number of hydrogen-bond donors (Lipinski definition) is 4. The summed E-state index contributed by atoms with van der Waals surface area (Å²) in [5, 5.41) is 28.8. The van der Waals surface area contributed by atoms with E-state index >= 15 is 0 Å². The van der Waals surface area contributed by atoms with Gasteiger partial charge in [-0.3, -0.25) is 9.59 Å². The molecule has 4 N–H and O–H groups in total. The van der Waals surface area contributed by atoms with Crippen molar-refractivity contribution in [2.75, 3.05) is 0 Å². The zero-order chi connectivity index (χ0) is 10.7. The standard InChI is InChI=1S/2C2H4O2.CH2O3.Mg.2H/c2*1-2(3)4;2-1(3)4;;;/h2*1H3,(H,3,4);(H2,2,3,4);;;. The van der Waals surface area contributed by atoms with Gasteiger partial charge < -0.3 is 20.4 Å². The third kappa shape index (κ3) is 844. The Balaban J connectivity index is -0.0000000450. The molecule has 0 bridgehead atoms. The predicted octanol–water partition coefficient (Wildman–Crippen LogP) is -0.512. The maximum atomic E-state index is 9.00. The molecule has 13 heavy (non-hydrogen) atoms. The Morgan fingerprint density at radius 2 is 0.769 bits per heavy atom. The van der Waals surface area contributed by atoms with Crippen molar-refractivity contribution in [3.05, 3.63) is 0 Å². The monoisotopic (exact) mass is 208 g/mol. The van der Waals surface area contributed by atoms with Crippen LogP contribution in [-0.2, 0) is 9.59 Å². The Morgan fingerprint density at radius 3 is 0.769 bits per heavy atom. The van der Waals surface area contributed by atoms with E-state index < -0.39 is 18.1 Å². The molecule has 0 aromatic heterocycles. The maximum absolute atomic E-state index is 9.00. The van der Waals surface area contributed by atoms with Crippen LogP contribution in [0.3, 0.4) is 0 Å². The minimum absolute atomic E-state index is 0. The van der Waals surface area contributed by atoms with Gasteiger partial charge in [0.1, 0.15) is 0 Å². The Morgan fingerprint density at radius 1 is 0.769 bits per heavy atom. The van der Waals surface area contributed by atoms with Crippen LogP contribution in [0.4, 0.5) is 4.79 Å². The highest BCUT2D eigenvalue weighted by Gasteiger charge is 1.70. The molecule has 0 amide bonds. The van der Waals surface area contributed by atoms with Crippen LogP contribution in [-0.4, -0.2) is 61.6 Å². The maximum Gasteiger partial charge on any atom is 0.503 e. The first kappa shape index (κ1) is 22.7. The van der Waals surface area contributed by atoms with Crippen LogP contribution in [0, 0.1) is 0 Å². The molecule has 0 aromatic carbocycles. The Labute approximate surface area is 90.1 Å². The third-order valence-corrected chi connectivity index (χ3v) is 0. The summed E-state index contributed by atoms with van der Waals surface area (Å²) >= 11 is 0. The fraction of sp³-hybridized carbons (Fsp3) is 0.400. The highest BCUT2D eigenvalue weighted by molar-refractivity contribution is 5.75. The smallest absolute Gasteiger partial charge is 0.481 e. The molecule has 0 aliphatic heterocycles. The van der Waals surface area contributed by atoms with Crippen molar-refractivity contribution in [1.29, 1.82) is 0 Å². The lowest BCUT2D eigenvalue weighted by atomic mass is 10.9. The summed E-state index contributed by atoms with van der Waals surface area (Å²) in [6.45, 7) is 2.17. The molecule has 0 saturated heterocycles. The van der Waals surface area contributed by atoms with Crippen molar-refractivity contribution in [2.45, 2.75) is 13.8 Å². The van der Waals surface area contributed by atoms with Crippen LogP contribution in [0.1, 0.15) is 13.8 Å². The summed E-state index contributed by atoms with van der Waals surface area (Å²) in [7, 11) is 0. The second-order valence-electron chi connectivity index (χ2n) is 1.32. The molecule has 0 rings (SSSR count). The molecule has 0 unspecified atom stereocenters. The van der Waals surface area contributed by atoms with E-state index in [0.717, 1.165) is 13.8 Å². The van der Waals surface area contributed by atoms with E-state index in [1.807, 2.05) is 0 Å². The van der Waals surface area contributed by atoms with Crippen LogP contribution < -0.4 is 0 Å². The minimum Gasteiger partial charge on any atom is -0.481 e. The van der Waals surface area contributed by atoms with Crippen molar-refractivity contribution >= 4 is 41.1 Å². The Hall–Kier alpha value is -1.02.